The molecule has 3 aromatic rings. The fraction of sp³-hybridized carbons (Fsp3) is 0.217. The predicted octanol–water partition coefficient (Wildman–Crippen LogP) is 2.78. The molecule has 158 valence electrons. The molecule has 0 fully saturated rings. The summed E-state index contributed by atoms with van der Waals surface area (Å²) in [5.41, 5.74) is 8.90. The van der Waals surface area contributed by atoms with Gasteiger partial charge >= 0.3 is 0 Å². The Bertz CT molecular complexity index is 1250. The number of aromatic nitrogens is 2. The predicted molar refractivity (Wildman–Crippen MR) is 122 cm³/mol. The minimum atomic E-state index is -0.305. The summed E-state index contributed by atoms with van der Waals surface area (Å²) in [4.78, 5) is 12.1. The van der Waals surface area contributed by atoms with Gasteiger partial charge in [-0.3, -0.25) is 4.79 Å². The lowest BCUT2D eigenvalue weighted by molar-refractivity contribution is 0.316. The third-order valence-electron chi connectivity index (χ3n) is 4.90. The average Bonchev–Trinajstić information content (AvgIpc) is 2.80. The fourth-order valence-electron chi connectivity index (χ4n) is 3.44. The van der Waals surface area contributed by atoms with E-state index in [0.717, 1.165) is 6.42 Å². The van der Waals surface area contributed by atoms with Crippen molar-refractivity contribution in [2.24, 2.45) is 5.73 Å². The number of ether oxygens (including phenoxy) is 1. The van der Waals surface area contributed by atoms with Gasteiger partial charge in [0.25, 0.3) is 5.56 Å². The van der Waals surface area contributed by atoms with E-state index in [1.54, 1.807) is 31.3 Å². The Kier molecular flexibility index (Phi) is 6.80. The second-order valence-corrected chi connectivity index (χ2v) is 6.79. The molecule has 0 spiro atoms. The van der Waals surface area contributed by atoms with Gasteiger partial charge < -0.3 is 21.2 Å². The largest absolute Gasteiger partial charge is 0.492 e. The molecule has 31 heavy (non-hydrogen) atoms. The maximum atomic E-state index is 12.1. The number of nitrogens with two attached hydrogens (primary N) is 1. The SMILES string of the molecule is CCCOc1cccc(/C(NC)=C(/C=N)c2ccc3c(=O)[nH]nc(CN)c3c2)c1C#N. The fourth-order valence-corrected chi connectivity index (χ4v) is 3.44. The molecule has 0 aliphatic carbocycles. The van der Waals surface area contributed by atoms with Crippen LogP contribution in [0.3, 0.4) is 0 Å². The first-order valence-electron chi connectivity index (χ1n) is 9.90. The third-order valence-corrected chi connectivity index (χ3v) is 4.90. The molecule has 0 saturated heterocycles. The Morgan fingerprint density at radius 3 is 2.81 bits per heavy atom. The van der Waals surface area contributed by atoms with Crippen LogP contribution in [0.2, 0.25) is 0 Å². The number of H-pyrrole nitrogens is 1. The topological polar surface area (TPSA) is 141 Å². The Labute approximate surface area is 179 Å². The standard InChI is InChI=1S/C23H24N6O2/c1-3-9-31-21-6-4-5-15(19(21)12-25)22(27-2)18(11-24)14-7-8-16-17(10-14)20(13-26)28-29-23(16)30/h4-8,10-11,24,27H,3,9,13,26H2,1-2H3,(H,29,30)/b22-18+,24-11?. The number of nitrogens with one attached hydrogen (secondary N) is 3. The molecule has 1 heterocycles. The number of benzene rings is 2. The molecule has 0 saturated carbocycles. The van der Waals surface area contributed by atoms with Crippen LogP contribution in [0, 0.1) is 16.7 Å². The molecule has 0 radical (unpaired) electrons. The van der Waals surface area contributed by atoms with Crippen molar-refractivity contribution in [3.63, 3.8) is 0 Å². The highest BCUT2D eigenvalue weighted by atomic mass is 16.5. The van der Waals surface area contributed by atoms with Crippen molar-refractivity contribution in [3.8, 4) is 11.8 Å². The smallest absolute Gasteiger partial charge is 0.272 e. The summed E-state index contributed by atoms with van der Waals surface area (Å²) in [5, 5.41) is 28.6. The zero-order valence-corrected chi connectivity index (χ0v) is 17.5. The summed E-state index contributed by atoms with van der Waals surface area (Å²) in [6.45, 7) is 2.66. The summed E-state index contributed by atoms with van der Waals surface area (Å²) in [6, 6.07) is 12.9. The van der Waals surface area contributed by atoms with Crippen LogP contribution >= 0.6 is 0 Å². The van der Waals surface area contributed by atoms with Crippen molar-refractivity contribution < 1.29 is 4.74 Å². The first-order valence-corrected chi connectivity index (χ1v) is 9.90. The third kappa shape index (κ3) is 4.17. The quantitative estimate of drug-likeness (QED) is 0.329. The summed E-state index contributed by atoms with van der Waals surface area (Å²) in [7, 11) is 1.73. The molecule has 1 aromatic heterocycles. The van der Waals surface area contributed by atoms with Crippen LogP contribution in [0.4, 0.5) is 0 Å². The molecule has 0 amide bonds. The number of hydrogen-bond acceptors (Lipinski definition) is 7. The second-order valence-electron chi connectivity index (χ2n) is 6.79. The normalized spacial score (nSPS) is 11.5. The molecule has 3 rings (SSSR count). The number of aromatic amines is 1. The van der Waals surface area contributed by atoms with E-state index in [0.29, 0.717) is 56.8 Å². The number of nitriles is 1. The summed E-state index contributed by atoms with van der Waals surface area (Å²) >= 11 is 0. The van der Waals surface area contributed by atoms with Crippen molar-refractivity contribution in [2.45, 2.75) is 19.9 Å². The van der Waals surface area contributed by atoms with Crippen molar-refractivity contribution in [1.82, 2.24) is 15.5 Å². The first kappa shape index (κ1) is 21.7. The van der Waals surface area contributed by atoms with E-state index >= 15 is 0 Å². The Hall–Kier alpha value is -3.96. The van der Waals surface area contributed by atoms with Gasteiger partial charge in [-0.1, -0.05) is 25.1 Å². The van der Waals surface area contributed by atoms with Crippen molar-refractivity contribution in [2.75, 3.05) is 13.7 Å². The molecule has 8 nitrogen and oxygen atoms in total. The van der Waals surface area contributed by atoms with Crippen LogP contribution < -0.4 is 21.3 Å². The van der Waals surface area contributed by atoms with Gasteiger partial charge in [-0.25, -0.2) is 5.10 Å². The van der Waals surface area contributed by atoms with Crippen molar-refractivity contribution in [1.29, 1.82) is 10.7 Å². The van der Waals surface area contributed by atoms with Crippen molar-refractivity contribution >= 4 is 28.3 Å². The maximum Gasteiger partial charge on any atom is 0.272 e. The molecule has 0 aliphatic heterocycles. The van der Waals surface area contributed by atoms with Gasteiger partial charge in [0.1, 0.15) is 17.4 Å². The van der Waals surface area contributed by atoms with Crippen molar-refractivity contribution in [3.05, 3.63) is 69.1 Å². The van der Waals surface area contributed by atoms with Crippen LogP contribution in [0.1, 0.15) is 35.7 Å². The highest BCUT2D eigenvalue weighted by molar-refractivity contribution is 6.19. The number of allylic oxidation sites excluding steroid dienone is 1. The Morgan fingerprint density at radius 1 is 1.35 bits per heavy atom. The first-order chi connectivity index (χ1) is 15.1. The van der Waals surface area contributed by atoms with E-state index in [9.17, 15) is 10.1 Å². The van der Waals surface area contributed by atoms with Crippen LogP contribution in [0.15, 0.2) is 41.2 Å². The molecule has 0 atom stereocenters. The monoisotopic (exact) mass is 416 g/mol. The summed E-state index contributed by atoms with van der Waals surface area (Å²) in [6.07, 6.45) is 2.04. The maximum absolute atomic E-state index is 12.1. The lowest BCUT2D eigenvalue weighted by atomic mass is 9.95. The van der Waals surface area contributed by atoms with Gasteiger partial charge in [0, 0.05) is 36.3 Å². The zero-order chi connectivity index (χ0) is 22.4. The summed E-state index contributed by atoms with van der Waals surface area (Å²) < 4.78 is 5.74. The van der Waals surface area contributed by atoms with E-state index < -0.39 is 0 Å². The van der Waals surface area contributed by atoms with Gasteiger partial charge in [0.15, 0.2) is 0 Å². The van der Waals surface area contributed by atoms with Gasteiger partial charge in [0.05, 0.1) is 23.4 Å². The van der Waals surface area contributed by atoms with Crippen LogP contribution in [0.5, 0.6) is 5.75 Å². The van der Waals surface area contributed by atoms with E-state index in [1.807, 2.05) is 19.1 Å². The van der Waals surface area contributed by atoms with Gasteiger partial charge in [0.2, 0.25) is 0 Å². The van der Waals surface area contributed by atoms with E-state index in [1.165, 1.54) is 6.21 Å². The molecule has 5 N–H and O–H groups in total. The number of nitrogens with zero attached hydrogens (tertiary/aromatic N) is 2. The Balaban J connectivity index is 2.26. The molecule has 0 unspecified atom stereocenters. The summed E-state index contributed by atoms with van der Waals surface area (Å²) in [5.74, 6) is 0.499. The number of fused-ring (bicyclic) bond motifs is 1. The second kappa shape index (κ2) is 9.69. The van der Waals surface area contributed by atoms with E-state index in [-0.39, 0.29) is 12.1 Å². The minimum Gasteiger partial charge on any atom is -0.492 e. The van der Waals surface area contributed by atoms with Gasteiger partial charge in [-0.2, -0.15) is 10.4 Å². The molecular formula is C23H24N6O2. The average molecular weight is 416 g/mol. The zero-order valence-electron chi connectivity index (χ0n) is 17.5. The number of hydrogen-bond donors (Lipinski definition) is 4. The molecule has 0 bridgehead atoms. The van der Waals surface area contributed by atoms with Gasteiger partial charge in [-0.05, 0) is 30.2 Å². The molecule has 2 aromatic carbocycles. The van der Waals surface area contributed by atoms with Gasteiger partial charge in [-0.15, -0.1) is 0 Å². The van der Waals surface area contributed by atoms with Crippen LogP contribution in [-0.4, -0.2) is 30.1 Å². The molecule has 0 aliphatic rings. The number of rotatable bonds is 8. The van der Waals surface area contributed by atoms with E-state index in [4.69, 9.17) is 15.9 Å². The molecule has 8 heteroatoms. The highest BCUT2D eigenvalue weighted by Gasteiger charge is 2.17. The van der Waals surface area contributed by atoms with Crippen LogP contribution in [-0.2, 0) is 6.54 Å². The minimum absolute atomic E-state index is 0.161. The van der Waals surface area contributed by atoms with Crippen LogP contribution in [0.25, 0.3) is 22.0 Å². The Morgan fingerprint density at radius 2 is 2.16 bits per heavy atom. The molecular weight excluding hydrogens is 392 g/mol. The van der Waals surface area contributed by atoms with E-state index in [2.05, 4.69) is 21.6 Å². The highest BCUT2D eigenvalue weighted by Crippen LogP contribution is 2.31. The lowest BCUT2D eigenvalue weighted by Gasteiger charge is -2.17. The lowest BCUT2D eigenvalue weighted by Crippen LogP contribution is -2.14.